The number of carbonyl (C=O) groups excluding carboxylic acids is 2. The number of aromatic hydroxyl groups is 1. The van der Waals surface area contributed by atoms with Crippen LogP contribution in [-0.2, 0) is 19.6 Å². The molecule has 1 amide bonds. The molecule has 0 fully saturated rings. The van der Waals surface area contributed by atoms with Crippen LogP contribution >= 0.6 is 0 Å². The van der Waals surface area contributed by atoms with Gasteiger partial charge in [0.25, 0.3) is 5.91 Å². The number of ether oxygens (including phenoxy) is 2. The largest absolute Gasteiger partial charge is 0.507 e. The molecule has 0 saturated carbocycles. The molecular formula is C18H20N2O7S. The van der Waals surface area contributed by atoms with Crippen LogP contribution in [0.15, 0.2) is 47.4 Å². The number of amides is 1. The highest BCUT2D eigenvalue weighted by molar-refractivity contribution is 7.89. The van der Waals surface area contributed by atoms with Crippen molar-refractivity contribution < 1.29 is 32.6 Å². The molecule has 2 aromatic rings. The molecule has 2 aromatic carbocycles. The average Bonchev–Trinajstić information content (AvgIpc) is 2.66. The molecule has 0 bridgehead atoms. The number of sulfonamides is 1. The third kappa shape index (κ3) is 4.99. The summed E-state index contributed by atoms with van der Waals surface area (Å²) >= 11 is 0. The van der Waals surface area contributed by atoms with Gasteiger partial charge in [-0.2, -0.15) is 0 Å². The van der Waals surface area contributed by atoms with E-state index in [-0.39, 0.29) is 16.2 Å². The number of rotatable bonds is 7. The molecule has 0 aromatic heterocycles. The number of methoxy groups -OCH3 is 1. The second-order valence-electron chi connectivity index (χ2n) is 5.82. The summed E-state index contributed by atoms with van der Waals surface area (Å²) in [5.41, 5.74) is 0.234. The lowest BCUT2D eigenvalue weighted by Gasteiger charge is -2.12. The standard InChI is InChI=1S/C18H20N2O7S/c1-20(2)28(24,25)14-7-4-12(5-8-14)19-17(22)11-27-18(23)15-9-6-13(26-3)10-16(15)21/h4-10,21H,11H2,1-3H3,(H,19,22). The van der Waals surface area contributed by atoms with Crippen LogP contribution in [0.2, 0.25) is 0 Å². The number of hydrogen-bond donors (Lipinski definition) is 2. The van der Waals surface area contributed by atoms with Crippen molar-refractivity contribution in [2.45, 2.75) is 4.90 Å². The van der Waals surface area contributed by atoms with Crippen LogP contribution in [0.3, 0.4) is 0 Å². The van der Waals surface area contributed by atoms with Gasteiger partial charge in [0.2, 0.25) is 10.0 Å². The molecule has 0 unspecified atom stereocenters. The number of esters is 1. The summed E-state index contributed by atoms with van der Waals surface area (Å²) in [6.07, 6.45) is 0. The summed E-state index contributed by atoms with van der Waals surface area (Å²) in [5, 5.41) is 12.3. The van der Waals surface area contributed by atoms with Gasteiger partial charge in [-0.3, -0.25) is 4.79 Å². The smallest absolute Gasteiger partial charge is 0.342 e. The van der Waals surface area contributed by atoms with E-state index in [0.717, 1.165) is 4.31 Å². The molecule has 2 N–H and O–H groups in total. The van der Waals surface area contributed by atoms with Gasteiger partial charge in [-0.25, -0.2) is 17.5 Å². The Morgan fingerprint density at radius 1 is 1.11 bits per heavy atom. The fourth-order valence-electron chi connectivity index (χ4n) is 2.14. The lowest BCUT2D eigenvalue weighted by atomic mass is 10.2. The zero-order valence-corrected chi connectivity index (χ0v) is 16.3. The Bertz CT molecular complexity index is 970. The van der Waals surface area contributed by atoms with E-state index in [2.05, 4.69) is 5.32 Å². The van der Waals surface area contributed by atoms with Crippen molar-refractivity contribution in [1.82, 2.24) is 4.31 Å². The van der Waals surface area contributed by atoms with Gasteiger partial charge in [-0.15, -0.1) is 0 Å². The number of anilines is 1. The number of hydrogen-bond acceptors (Lipinski definition) is 7. The number of benzene rings is 2. The summed E-state index contributed by atoms with van der Waals surface area (Å²) < 4.78 is 34.9. The lowest BCUT2D eigenvalue weighted by Crippen LogP contribution is -2.22. The van der Waals surface area contributed by atoms with Crippen molar-refractivity contribution in [3.05, 3.63) is 48.0 Å². The van der Waals surface area contributed by atoms with E-state index in [1.807, 2.05) is 0 Å². The topological polar surface area (TPSA) is 122 Å². The van der Waals surface area contributed by atoms with E-state index >= 15 is 0 Å². The van der Waals surface area contributed by atoms with Gasteiger partial charge in [0, 0.05) is 25.8 Å². The molecule has 28 heavy (non-hydrogen) atoms. The molecule has 9 nitrogen and oxygen atoms in total. The second-order valence-corrected chi connectivity index (χ2v) is 7.97. The molecule has 0 heterocycles. The highest BCUT2D eigenvalue weighted by Gasteiger charge is 2.18. The van der Waals surface area contributed by atoms with Crippen molar-refractivity contribution in [2.24, 2.45) is 0 Å². The van der Waals surface area contributed by atoms with Gasteiger partial charge in [0.15, 0.2) is 6.61 Å². The maximum absolute atomic E-state index is 12.0. The van der Waals surface area contributed by atoms with Crippen LogP contribution in [0.1, 0.15) is 10.4 Å². The third-order valence-electron chi connectivity index (χ3n) is 3.68. The van der Waals surface area contributed by atoms with Crippen molar-refractivity contribution in [3.8, 4) is 11.5 Å². The minimum atomic E-state index is -3.56. The van der Waals surface area contributed by atoms with E-state index in [1.165, 1.54) is 63.7 Å². The SMILES string of the molecule is COc1ccc(C(=O)OCC(=O)Nc2ccc(S(=O)(=O)N(C)C)cc2)c(O)c1. The van der Waals surface area contributed by atoms with Gasteiger partial charge in [-0.1, -0.05) is 0 Å². The first-order valence-electron chi connectivity index (χ1n) is 8.01. The number of phenolic OH excluding ortho intramolecular Hbond substituents is 1. The average molecular weight is 408 g/mol. The Balaban J connectivity index is 1.95. The summed E-state index contributed by atoms with van der Waals surface area (Å²) in [4.78, 5) is 24.0. The Labute approximate surface area is 162 Å². The molecule has 10 heteroatoms. The van der Waals surface area contributed by atoms with E-state index < -0.39 is 28.5 Å². The lowest BCUT2D eigenvalue weighted by molar-refractivity contribution is -0.119. The number of carbonyl (C=O) groups is 2. The fraction of sp³-hybridized carbons (Fsp3) is 0.222. The minimum absolute atomic E-state index is 0.0805. The highest BCUT2D eigenvalue weighted by atomic mass is 32.2. The zero-order valence-electron chi connectivity index (χ0n) is 15.5. The molecule has 0 atom stereocenters. The van der Waals surface area contributed by atoms with Crippen LogP contribution in [0.4, 0.5) is 5.69 Å². The molecule has 0 aliphatic rings. The van der Waals surface area contributed by atoms with Gasteiger partial charge in [-0.05, 0) is 36.4 Å². The van der Waals surface area contributed by atoms with Gasteiger partial charge in [0.1, 0.15) is 17.1 Å². The fourth-order valence-corrected chi connectivity index (χ4v) is 3.04. The van der Waals surface area contributed by atoms with Crippen molar-refractivity contribution >= 4 is 27.6 Å². The molecular weight excluding hydrogens is 388 g/mol. The van der Waals surface area contributed by atoms with Crippen molar-refractivity contribution in [3.63, 3.8) is 0 Å². The molecule has 0 spiro atoms. The molecule has 0 aliphatic heterocycles. The highest BCUT2D eigenvalue weighted by Crippen LogP contribution is 2.24. The zero-order chi connectivity index (χ0) is 20.9. The minimum Gasteiger partial charge on any atom is -0.507 e. The summed E-state index contributed by atoms with van der Waals surface area (Å²) in [6, 6.07) is 9.59. The monoisotopic (exact) mass is 408 g/mol. The number of nitrogens with one attached hydrogen (secondary N) is 1. The number of nitrogens with zero attached hydrogens (tertiary/aromatic N) is 1. The summed E-state index contributed by atoms with van der Waals surface area (Å²) in [5.74, 6) is -1.46. The Morgan fingerprint density at radius 3 is 2.29 bits per heavy atom. The van der Waals surface area contributed by atoms with E-state index in [0.29, 0.717) is 11.4 Å². The Hall–Kier alpha value is -3.11. The van der Waals surface area contributed by atoms with Crippen molar-refractivity contribution in [1.29, 1.82) is 0 Å². The normalized spacial score (nSPS) is 11.1. The van der Waals surface area contributed by atoms with Crippen LogP contribution in [-0.4, -0.2) is 57.5 Å². The van der Waals surface area contributed by atoms with Crippen LogP contribution in [0.5, 0.6) is 11.5 Å². The summed E-state index contributed by atoms with van der Waals surface area (Å²) in [7, 11) is 0.685. The van der Waals surface area contributed by atoms with Gasteiger partial charge >= 0.3 is 5.97 Å². The van der Waals surface area contributed by atoms with Gasteiger partial charge in [0.05, 0.1) is 12.0 Å². The summed E-state index contributed by atoms with van der Waals surface area (Å²) in [6.45, 7) is -0.581. The van der Waals surface area contributed by atoms with Crippen LogP contribution in [0, 0.1) is 0 Å². The first-order valence-corrected chi connectivity index (χ1v) is 9.45. The van der Waals surface area contributed by atoms with E-state index in [1.54, 1.807) is 0 Å². The molecule has 0 radical (unpaired) electrons. The maximum Gasteiger partial charge on any atom is 0.342 e. The third-order valence-corrected chi connectivity index (χ3v) is 5.51. The van der Waals surface area contributed by atoms with Crippen LogP contribution < -0.4 is 10.1 Å². The first kappa shape index (κ1) is 21.2. The second kappa shape index (κ2) is 8.72. The first-order chi connectivity index (χ1) is 13.1. The van der Waals surface area contributed by atoms with Crippen LogP contribution in [0.25, 0.3) is 0 Å². The molecule has 0 aliphatic carbocycles. The predicted molar refractivity (Wildman–Crippen MR) is 101 cm³/mol. The van der Waals surface area contributed by atoms with Gasteiger partial charge < -0.3 is 19.9 Å². The predicted octanol–water partition coefficient (Wildman–Crippen LogP) is 1.45. The van der Waals surface area contributed by atoms with Crippen molar-refractivity contribution in [2.75, 3.05) is 33.1 Å². The molecule has 150 valence electrons. The molecule has 0 saturated heterocycles. The Kier molecular flexibility index (Phi) is 6.60. The quantitative estimate of drug-likeness (QED) is 0.665. The number of phenols is 1. The molecule has 2 rings (SSSR count). The van der Waals surface area contributed by atoms with E-state index in [9.17, 15) is 23.1 Å². The maximum atomic E-state index is 12.0. The Morgan fingerprint density at radius 2 is 1.75 bits per heavy atom. The van der Waals surface area contributed by atoms with E-state index in [4.69, 9.17) is 9.47 Å².